The van der Waals surface area contributed by atoms with Gasteiger partial charge in [0.05, 0.1) is 17.8 Å². The van der Waals surface area contributed by atoms with E-state index in [2.05, 4.69) is 10.3 Å². The molecule has 3 aromatic carbocycles. The molecule has 0 radical (unpaired) electrons. The van der Waals surface area contributed by atoms with E-state index in [4.69, 9.17) is 4.74 Å². The zero-order chi connectivity index (χ0) is 19.2. The molecule has 4 rings (SSSR count). The number of hydrogen-bond donors (Lipinski definition) is 1. The monoisotopic (exact) mass is 386 g/mol. The molecule has 0 unspecified atom stereocenters. The van der Waals surface area contributed by atoms with Crippen molar-refractivity contribution in [3.63, 3.8) is 0 Å². The zero-order valence-corrected chi connectivity index (χ0v) is 15.9. The highest BCUT2D eigenvalue weighted by Gasteiger charge is 2.12. The molecule has 0 fully saturated rings. The van der Waals surface area contributed by atoms with Crippen LogP contribution in [0.15, 0.2) is 90.3 Å². The number of aromatic nitrogens is 1. The molecular weight excluding hydrogens is 368 g/mol. The third-order valence-corrected chi connectivity index (χ3v) is 4.99. The Bertz CT molecular complexity index is 1060. The maximum Gasteiger partial charge on any atom is 0.230 e. The number of carbonyl (C=O) groups excluding carboxylic acids is 1. The fourth-order valence-corrected chi connectivity index (χ4v) is 3.56. The van der Waals surface area contributed by atoms with Gasteiger partial charge >= 0.3 is 0 Å². The first-order valence-corrected chi connectivity index (χ1v) is 9.77. The summed E-state index contributed by atoms with van der Waals surface area (Å²) >= 11 is 1.54. The van der Waals surface area contributed by atoms with Crippen LogP contribution in [-0.4, -0.2) is 10.9 Å². The molecule has 0 saturated heterocycles. The normalized spacial score (nSPS) is 10.4. The van der Waals surface area contributed by atoms with Gasteiger partial charge in [0.25, 0.3) is 0 Å². The van der Waals surface area contributed by atoms with Gasteiger partial charge in [-0.1, -0.05) is 60.7 Å². The Morgan fingerprint density at radius 2 is 1.57 bits per heavy atom. The Morgan fingerprint density at radius 1 is 0.893 bits per heavy atom. The number of nitrogens with one attached hydrogen (secondary N) is 1. The van der Waals surface area contributed by atoms with Crippen molar-refractivity contribution in [2.24, 2.45) is 0 Å². The van der Waals surface area contributed by atoms with Crippen molar-refractivity contribution in [2.45, 2.75) is 6.42 Å². The van der Waals surface area contributed by atoms with Gasteiger partial charge in [0.15, 0.2) is 5.75 Å². The summed E-state index contributed by atoms with van der Waals surface area (Å²) in [5.74, 6) is 1.19. The van der Waals surface area contributed by atoms with Crippen LogP contribution in [0.4, 0.5) is 5.69 Å². The molecule has 1 N–H and O–H groups in total. The summed E-state index contributed by atoms with van der Waals surface area (Å²) < 4.78 is 5.89. The molecule has 4 aromatic rings. The summed E-state index contributed by atoms with van der Waals surface area (Å²) in [4.78, 5) is 17.1. The zero-order valence-electron chi connectivity index (χ0n) is 15.0. The summed E-state index contributed by atoms with van der Waals surface area (Å²) in [6.07, 6.45) is 0.211. The minimum atomic E-state index is -0.131. The molecule has 1 aromatic heterocycles. The van der Waals surface area contributed by atoms with E-state index in [1.807, 2.05) is 90.3 Å². The molecule has 0 spiro atoms. The number of benzene rings is 3. The Labute approximate surface area is 167 Å². The second-order valence-corrected chi connectivity index (χ2v) is 7.00. The first-order chi connectivity index (χ1) is 13.8. The van der Waals surface area contributed by atoms with E-state index in [1.54, 1.807) is 11.3 Å². The summed E-state index contributed by atoms with van der Waals surface area (Å²) in [5.41, 5.74) is 2.44. The predicted octanol–water partition coefficient (Wildman–Crippen LogP) is 5.78. The summed E-state index contributed by atoms with van der Waals surface area (Å²) in [5, 5.41) is 5.77. The van der Waals surface area contributed by atoms with Crippen LogP contribution in [0, 0.1) is 0 Å². The lowest BCUT2D eigenvalue weighted by atomic mass is 10.2. The molecule has 0 saturated carbocycles. The van der Waals surface area contributed by atoms with Crippen molar-refractivity contribution in [3.8, 4) is 22.1 Å². The second-order valence-electron chi connectivity index (χ2n) is 6.15. The molecule has 4 nitrogen and oxygen atoms in total. The number of rotatable bonds is 6. The van der Waals surface area contributed by atoms with Crippen LogP contribution in [0.3, 0.4) is 0 Å². The van der Waals surface area contributed by atoms with E-state index in [9.17, 15) is 4.79 Å². The van der Waals surface area contributed by atoms with Gasteiger partial charge < -0.3 is 10.1 Å². The fraction of sp³-hybridized carbons (Fsp3) is 0.0435. The van der Waals surface area contributed by atoms with E-state index in [0.29, 0.717) is 11.4 Å². The topological polar surface area (TPSA) is 51.2 Å². The highest BCUT2D eigenvalue weighted by atomic mass is 32.1. The number of anilines is 1. The molecule has 28 heavy (non-hydrogen) atoms. The molecule has 0 aliphatic rings. The molecule has 1 amide bonds. The summed E-state index contributed by atoms with van der Waals surface area (Å²) in [7, 11) is 0. The maximum atomic E-state index is 12.5. The second kappa shape index (κ2) is 8.50. The molecule has 0 aliphatic carbocycles. The SMILES string of the molecule is O=C(Cc1csc(-c2ccccc2)n1)Nc1ccccc1Oc1ccccc1. The Morgan fingerprint density at radius 3 is 2.36 bits per heavy atom. The standard InChI is InChI=1S/C23H18N2O2S/c26-22(15-18-16-28-23(24-18)17-9-3-1-4-10-17)25-20-13-7-8-14-21(20)27-19-11-5-2-6-12-19/h1-14,16H,15H2,(H,25,26). The van der Waals surface area contributed by atoms with Crippen LogP contribution in [0.1, 0.15) is 5.69 Å². The molecule has 0 bridgehead atoms. The molecule has 0 aliphatic heterocycles. The van der Waals surface area contributed by atoms with E-state index in [0.717, 1.165) is 22.0 Å². The third-order valence-electron chi connectivity index (χ3n) is 4.05. The molecule has 5 heteroatoms. The minimum absolute atomic E-state index is 0.131. The molecule has 138 valence electrons. The summed E-state index contributed by atoms with van der Waals surface area (Å²) in [6, 6.07) is 26.8. The number of hydrogen-bond acceptors (Lipinski definition) is 4. The van der Waals surface area contributed by atoms with Gasteiger partial charge in [-0.3, -0.25) is 4.79 Å². The number of nitrogens with zero attached hydrogens (tertiary/aromatic N) is 1. The van der Waals surface area contributed by atoms with Crippen LogP contribution in [-0.2, 0) is 11.2 Å². The number of carbonyl (C=O) groups is 1. The van der Waals surface area contributed by atoms with Crippen molar-refractivity contribution >= 4 is 22.9 Å². The third kappa shape index (κ3) is 4.45. The van der Waals surface area contributed by atoms with Gasteiger partial charge in [0, 0.05) is 10.9 Å². The average molecular weight is 386 g/mol. The number of thiazole rings is 1. The average Bonchev–Trinajstić information content (AvgIpc) is 3.19. The van der Waals surface area contributed by atoms with Crippen LogP contribution in [0.5, 0.6) is 11.5 Å². The largest absolute Gasteiger partial charge is 0.455 e. The number of ether oxygens (including phenoxy) is 1. The minimum Gasteiger partial charge on any atom is -0.455 e. The number of amides is 1. The first-order valence-electron chi connectivity index (χ1n) is 8.89. The lowest BCUT2D eigenvalue weighted by Crippen LogP contribution is -2.15. The smallest absolute Gasteiger partial charge is 0.230 e. The Balaban J connectivity index is 1.44. The van der Waals surface area contributed by atoms with Gasteiger partial charge in [-0.05, 0) is 24.3 Å². The Kier molecular flexibility index (Phi) is 5.45. The summed E-state index contributed by atoms with van der Waals surface area (Å²) in [6.45, 7) is 0. The predicted molar refractivity (Wildman–Crippen MR) is 113 cm³/mol. The van der Waals surface area contributed by atoms with Crippen molar-refractivity contribution in [1.82, 2.24) is 4.98 Å². The van der Waals surface area contributed by atoms with E-state index < -0.39 is 0 Å². The molecule has 0 atom stereocenters. The quantitative estimate of drug-likeness (QED) is 0.457. The maximum absolute atomic E-state index is 12.5. The van der Waals surface area contributed by atoms with Gasteiger partial charge in [0.1, 0.15) is 10.8 Å². The lowest BCUT2D eigenvalue weighted by Gasteiger charge is -2.11. The van der Waals surface area contributed by atoms with Gasteiger partial charge in [-0.2, -0.15) is 0 Å². The van der Waals surface area contributed by atoms with Crippen LogP contribution in [0.25, 0.3) is 10.6 Å². The van der Waals surface area contributed by atoms with Crippen molar-refractivity contribution < 1.29 is 9.53 Å². The fourth-order valence-electron chi connectivity index (χ4n) is 2.73. The van der Waals surface area contributed by atoms with Gasteiger partial charge in [0.2, 0.25) is 5.91 Å². The van der Waals surface area contributed by atoms with Gasteiger partial charge in [-0.15, -0.1) is 11.3 Å². The van der Waals surface area contributed by atoms with Crippen molar-refractivity contribution in [1.29, 1.82) is 0 Å². The van der Waals surface area contributed by atoms with Crippen LogP contribution < -0.4 is 10.1 Å². The number of para-hydroxylation sites is 3. The lowest BCUT2D eigenvalue weighted by molar-refractivity contribution is -0.115. The molecule has 1 heterocycles. The highest BCUT2D eigenvalue weighted by Crippen LogP contribution is 2.29. The van der Waals surface area contributed by atoms with Crippen LogP contribution in [0.2, 0.25) is 0 Å². The van der Waals surface area contributed by atoms with E-state index in [-0.39, 0.29) is 12.3 Å². The molecular formula is C23H18N2O2S. The van der Waals surface area contributed by atoms with E-state index in [1.165, 1.54) is 0 Å². The van der Waals surface area contributed by atoms with Crippen molar-refractivity contribution in [2.75, 3.05) is 5.32 Å². The Hall–Kier alpha value is -3.44. The van der Waals surface area contributed by atoms with E-state index >= 15 is 0 Å². The highest BCUT2D eigenvalue weighted by molar-refractivity contribution is 7.13. The van der Waals surface area contributed by atoms with Crippen LogP contribution >= 0.6 is 11.3 Å². The van der Waals surface area contributed by atoms with Crippen molar-refractivity contribution in [3.05, 3.63) is 96.0 Å². The first kappa shape index (κ1) is 17.9. The van der Waals surface area contributed by atoms with Gasteiger partial charge in [-0.25, -0.2) is 4.98 Å².